The topological polar surface area (TPSA) is 66.6 Å². The van der Waals surface area contributed by atoms with Crippen LogP contribution in [0.25, 0.3) is 0 Å². The van der Waals surface area contributed by atoms with Crippen LogP contribution < -0.4 is 10.6 Å². The Morgan fingerprint density at radius 2 is 2.25 bits per heavy atom. The number of para-hydroxylation sites is 1. The smallest absolute Gasteiger partial charge is 0.322 e. The van der Waals surface area contributed by atoms with Crippen LogP contribution in [-0.2, 0) is 11.2 Å². The van der Waals surface area contributed by atoms with Crippen LogP contribution in [0.3, 0.4) is 0 Å². The number of benzene rings is 1. The van der Waals surface area contributed by atoms with Gasteiger partial charge in [-0.15, -0.1) is 0 Å². The molecule has 4 nitrogen and oxygen atoms in total. The normalized spacial score (nSPS) is 16.7. The quantitative estimate of drug-likeness (QED) is 0.792. The van der Waals surface area contributed by atoms with Crippen LogP contribution in [-0.4, -0.2) is 30.2 Å². The molecule has 0 saturated carbocycles. The Labute approximate surface area is 94.7 Å². The van der Waals surface area contributed by atoms with Gasteiger partial charge in [-0.1, -0.05) is 18.2 Å². The van der Waals surface area contributed by atoms with Crippen molar-refractivity contribution in [1.82, 2.24) is 0 Å². The summed E-state index contributed by atoms with van der Waals surface area (Å²) in [5, 5.41) is 8.81. The Morgan fingerprint density at radius 3 is 3.00 bits per heavy atom. The summed E-state index contributed by atoms with van der Waals surface area (Å²) in [5.74, 6) is -0.942. The minimum absolute atomic E-state index is 0.381. The van der Waals surface area contributed by atoms with Gasteiger partial charge in [-0.2, -0.15) is 0 Å². The molecule has 1 aromatic rings. The number of nitrogens with two attached hydrogens (primary N) is 1. The summed E-state index contributed by atoms with van der Waals surface area (Å²) in [6.07, 6.45) is 2.12. The van der Waals surface area contributed by atoms with Crippen molar-refractivity contribution >= 4 is 11.7 Å². The van der Waals surface area contributed by atoms with Gasteiger partial charge in [0.2, 0.25) is 0 Å². The van der Waals surface area contributed by atoms with E-state index < -0.39 is 12.0 Å². The zero-order valence-electron chi connectivity index (χ0n) is 9.10. The predicted molar refractivity (Wildman–Crippen MR) is 62.6 cm³/mol. The fraction of sp³-hybridized carbons (Fsp3) is 0.417. The van der Waals surface area contributed by atoms with Crippen LogP contribution in [0.1, 0.15) is 12.0 Å². The van der Waals surface area contributed by atoms with E-state index in [9.17, 15) is 4.79 Å². The summed E-state index contributed by atoms with van der Waals surface area (Å²) in [6.45, 7) is 1.27. The molecule has 0 bridgehead atoms. The third-order valence-corrected chi connectivity index (χ3v) is 2.94. The maximum absolute atomic E-state index is 10.7. The van der Waals surface area contributed by atoms with Crippen molar-refractivity contribution in [1.29, 1.82) is 0 Å². The summed E-state index contributed by atoms with van der Waals surface area (Å²) in [4.78, 5) is 12.8. The highest BCUT2D eigenvalue weighted by molar-refractivity contribution is 5.74. The lowest BCUT2D eigenvalue weighted by atomic mass is 10.0. The molecule has 1 atom stereocenters. The van der Waals surface area contributed by atoms with E-state index in [0.29, 0.717) is 6.54 Å². The van der Waals surface area contributed by atoms with Crippen molar-refractivity contribution in [3.05, 3.63) is 29.8 Å². The fourth-order valence-electron chi connectivity index (χ4n) is 2.12. The van der Waals surface area contributed by atoms with Crippen LogP contribution in [0.4, 0.5) is 5.69 Å². The van der Waals surface area contributed by atoms with Crippen molar-refractivity contribution in [2.45, 2.75) is 18.9 Å². The van der Waals surface area contributed by atoms with Gasteiger partial charge in [0, 0.05) is 18.8 Å². The molecule has 1 aliphatic rings. The van der Waals surface area contributed by atoms with E-state index in [1.807, 2.05) is 18.2 Å². The second-order valence-electron chi connectivity index (χ2n) is 4.12. The van der Waals surface area contributed by atoms with Crippen LogP contribution in [0.5, 0.6) is 0 Å². The molecule has 3 N–H and O–H groups in total. The van der Waals surface area contributed by atoms with E-state index in [0.717, 1.165) is 25.1 Å². The number of aliphatic carboxylic acids is 1. The van der Waals surface area contributed by atoms with E-state index in [-0.39, 0.29) is 0 Å². The second kappa shape index (κ2) is 4.53. The highest BCUT2D eigenvalue weighted by atomic mass is 16.4. The van der Waals surface area contributed by atoms with E-state index in [1.54, 1.807) is 0 Å². The number of aryl methyl sites for hydroxylation is 1. The molecular weight excluding hydrogens is 204 g/mol. The SMILES string of the molecule is NC(CN1CCCc2ccccc21)C(=O)O. The van der Waals surface area contributed by atoms with E-state index in [1.165, 1.54) is 5.56 Å². The van der Waals surface area contributed by atoms with Gasteiger partial charge in [0.15, 0.2) is 0 Å². The molecule has 16 heavy (non-hydrogen) atoms. The molecule has 0 fully saturated rings. The standard InChI is InChI=1S/C12H16N2O2/c13-10(12(15)16)8-14-7-3-5-9-4-1-2-6-11(9)14/h1-2,4,6,10H,3,5,7-8,13H2,(H,15,16). The first kappa shape index (κ1) is 11.0. The van der Waals surface area contributed by atoms with Gasteiger partial charge < -0.3 is 15.7 Å². The van der Waals surface area contributed by atoms with Gasteiger partial charge in [0.25, 0.3) is 0 Å². The summed E-state index contributed by atoms with van der Waals surface area (Å²) in [6, 6.07) is 7.30. The number of hydrogen-bond donors (Lipinski definition) is 2. The van der Waals surface area contributed by atoms with Gasteiger partial charge in [0.1, 0.15) is 6.04 Å². The van der Waals surface area contributed by atoms with Crippen molar-refractivity contribution in [3.8, 4) is 0 Å². The third kappa shape index (κ3) is 2.17. The first-order chi connectivity index (χ1) is 7.68. The van der Waals surface area contributed by atoms with Crippen LogP contribution in [0.2, 0.25) is 0 Å². The van der Waals surface area contributed by atoms with Gasteiger partial charge in [-0.05, 0) is 24.5 Å². The number of carbonyl (C=O) groups is 1. The van der Waals surface area contributed by atoms with E-state index in [2.05, 4.69) is 11.0 Å². The highest BCUT2D eigenvalue weighted by Gasteiger charge is 2.21. The zero-order chi connectivity index (χ0) is 11.5. The molecule has 1 heterocycles. The van der Waals surface area contributed by atoms with E-state index in [4.69, 9.17) is 10.8 Å². The minimum atomic E-state index is -0.942. The van der Waals surface area contributed by atoms with E-state index >= 15 is 0 Å². The molecule has 0 spiro atoms. The summed E-state index contributed by atoms with van der Waals surface area (Å²) < 4.78 is 0. The number of hydrogen-bond acceptors (Lipinski definition) is 3. The van der Waals surface area contributed by atoms with Crippen LogP contribution in [0.15, 0.2) is 24.3 Å². The van der Waals surface area contributed by atoms with Crippen molar-refractivity contribution < 1.29 is 9.90 Å². The van der Waals surface area contributed by atoms with Crippen molar-refractivity contribution in [2.75, 3.05) is 18.0 Å². The molecule has 0 radical (unpaired) electrons. The molecule has 0 saturated heterocycles. The average Bonchev–Trinajstić information content (AvgIpc) is 2.29. The first-order valence-electron chi connectivity index (χ1n) is 5.49. The average molecular weight is 220 g/mol. The van der Waals surface area contributed by atoms with Crippen LogP contribution in [0, 0.1) is 0 Å². The Kier molecular flexibility index (Phi) is 3.10. The molecule has 86 valence electrons. The molecule has 1 aromatic carbocycles. The maximum atomic E-state index is 10.7. The minimum Gasteiger partial charge on any atom is -0.480 e. The number of carboxylic acid groups (broad SMARTS) is 1. The molecule has 0 aromatic heterocycles. The lowest BCUT2D eigenvalue weighted by molar-refractivity contribution is -0.138. The largest absolute Gasteiger partial charge is 0.480 e. The number of rotatable bonds is 3. The zero-order valence-corrected chi connectivity index (χ0v) is 9.10. The molecular formula is C12H16N2O2. The molecule has 4 heteroatoms. The highest BCUT2D eigenvalue weighted by Crippen LogP contribution is 2.26. The fourth-order valence-corrected chi connectivity index (χ4v) is 2.12. The van der Waals surface area contributed by atoms with Gasteiger partial charge in [-0.3, -0.25) is 4.79 Å². The molecule has 1 unspecified atom stereocenters. The number of fused-ring (bicyclic) bond motifs is 1. The first-order valence-corrected chi connectivity index (χ1v) is 5.49. The Balaban J connectivity index is 2.16. The van der Waals surface area contributed by atoms with Crippen molar-refractivity contribution in [3.63, 3.8) is 0 Å². The second-order valence-corrected chi connectivity index (χ2v) is 4.12. The Bertz CT molecular complexity index is 392. The van der Waals surface area contributed by atoms with Gasteiger partial charge in [-0.25, -0.2) is 0 Å². The molecule has 2 rings (SSSR count). The summed E-state index contributed by atoms with van der Waals surface area (Å²) in [7, 11) is 0. The number of nitrogens with zero attached hydrogens (tertiary/aromatic N) is 1. The van der Waals surface area contributed by atoms with Gasteiger partial charge in [0.05, 0.1) is 0 Å². The molecule has 0 amide bonds. The van der Waals surface area contributed by atoms with Crippen molar-refractivity contribution in [2.24, 2.45) is 5.73 Å². The maximum Gasteiger partial charge on any atom is 0.322 e. The summed E-state index contributed by atoms with van der Waals surface area (Å²) >= 11 is 0. The Hall–Kier alpha value is -1.55. The predicted octanol–water partition coefficient (Wildman–Crippen LogP) is 0.851. The number of anilines is 1. The van der Waals surface area contributed by atoms with Crippen LogP contribution >= 0.6 is 0 Å². The monoisotopic (exact) mass is 220 g/mol. The molecule has 1 aliphatic heterocycles. The summed E-state index contributed by atoms with van der Waals surface area (Å²) in [5.41, 5.74) is 7.98. The van der Waals surface area contributed by atoms with Gasteiger partial charge >= 0.3 is 5.97 Å². The Morgan fingerprint density at radius 1 is 1.50 bits per heavy atom. The lowest BCUT2D eigenvalue weighted by Gasteiger charge is -2.32. The number of carboxylic acids is 1. The molecule has 0 aliphatic carbocycles. The third-order valence-electron chi connectivity index (χ3n) is 2.94. The lowest BCUT2D eigenvalue weighted by Crippen LogP contribution is -2.44.